The maximum absolute atomic E-state index is 10.5. The molecule has 0 unspecified atom stereocenters. The topological polar surface area (TPSA) is 73.8 Å². The Morgan fingerprint density at radius 1 is 1.64 bits per heavy atom. The maximum Gasteiger partial charge on any atom is 0.288 e. The lowest BCUT2D eigenvalue weighted by Gasteiger charge is -1.92. The van der Waals surface area contributed by atoms with Crippen LogP contribution in [-0.2, 0) is 7.05 Å². The molecule has 0 N–H and O–H groups in total. The lowest BCUT2D eigenvalue weighted by molar-refractivity contribution is -0.385. The third-order valence-corrected chi connectivity index (χ3v) is 2.11. The monoisotopic (exact) mass is 212 g/mol. The molecule has 0 saturated heterocycles. The van der Waals surface area contributed by atoms with E-state index < -0.39 is 4.92 Å². The first-order valence-corrected chi connectivity index (χ1v) is 4.10. The number of aryl methyl sites for hydroxylation is 1. The Labute approximate surface area is 83.3 Å². The molecule has 0 saturated carbocycles. The minimum atomic E-state index is -0.518. The zero-order valence-corrected chi connectivity index (χ0v) is 7.89. The minimum absolute atomic E-state index is 0.0904. The zero-order chi connectivity index (χ0) is 10.3. The Morgan fingerprint density at radius 2 is 2.36 bits per heavy atom. The number of halogens is 1. The number of fused-ring (bicyclic) bond motifs is 1. The van der Waals surface area contributed by atoms with Gasteiger partial charge in [0.15, 0.2) is 10.8 Å². The Kier molecular flexibility index (Phi) is 1.85. The van der Waals surface area contributed by atoms with Gasteiger partial charge >= 0.3 is 0 Å². The van der Waals surface area contributed by atoms with Crippen molar-refractivity contribution < 1.29 is 4.92 Å². The van der Waals surface area contributed by atoms with E-state index in [9.17, 15) is 10.1 Å². The fourth-order valence-electron chi connectivity index (χ4n) is 1.19. The lowest BCUT2D eigenvalue weighted by Crippen LogP contribution is -1.93. The van der Waals surface area contributed by atoms with Crippen LogP contribution >= 0.6 is 11.6 Å². The summed E-state index contributed by atoms with van der Waals surface area (Å²) in [4.78, 5) is 13.8. The summed E-state index contributed by atoms with van der Waals surface area (Å²) in [5.41, 5.74) is 0.438. The highest BCUT2D eigenvalue weighted by molar-refractivity contribution is 6.34. The van der Waals surface area contributed by atoms with Crippen LogP contribution in [0, 0.1) is 10.1 Å². The molecule has 0 aliphatic heterocycles. The molecule has 0 bridgehead atoms. The first kappa shape index (κ1) is 8.89. The molecule has 14 heavy (non-hydrogen) atoms. The molecule has 0 aromatic carbocycles. The third-order valence-electron chi connectivity index (χ3n) is 1.83. The Morgan fingerprint density at radius 3 is 3.00 bits per heavy atom. The van der Waals surface area contributed by atoms with Crippen LogP contribution in [0.15, 0.2) is 12.3 Å². The summed E-state index contributed by atoms with van der Waals surface area (Å²) >= 11 is 5.76. The van der Waals surface area contributed by atoms with Crippen molar-refractivity contribution in [3.8, 4) is 0 Å². The van der Waals surface area contributed by atoms with Crippen LogP contribution in [-0.4, -0.2) is 19.7 Å². The molecule has 0 atom stereocenters. The van der Waals surface area contributed by atoms with Gasteiger partial charge in [-0.05, 0) is 0 Å². The summed E-state index contributed by atoms with van der Waals surface area (Å²) in [7, 11) is 1.67. The van der Waals surface area contributed by atoms with Gasteiger partial charge in [0.1, 0.15) is 6.20 Å². The lowest BCUT2D eigenvalue weighted by atomic mass is 10.3. The van der Waals surface area contributed by atoms with Crippen molar-refractivity contribution in [3.05, 3.63) is 27.5 Å². The molecule has 0 aliphatic rings. The highest BCUT2D eigenvalue weighted by Gasteiger charge is 2.13. The molecule has 2 rings (SSSR count). The smallest absolute Gasteiger partial charge is 0.258 e. The van der Waals surface area contributed by atoms with Gasteiger partial charge in [0.05, 0.1) is 10.3 Å². The zero-order valence-electron chi connectivity index (χ0n) is 7.14. The van der Waals surface area contributed by atoms with E-state index in [2.05, 4.69) is 10.1 Å². The van der Waals surface area contributed by atoms with Crippen molar-refractivity contribution in [1.29, 1.82) is 0 Å². The summed E-state index contributed by atoms with van der Waals surface area (Å²) in [6.45, 7) is 0. The van der Waals surface area contributed by atoms with Gasteiger partial charge in [-0.1, -0.05) is 11.6 Å². The molecular weight excluding hydrogens is 208 g/mol. The first-order chi connectivity index (χ1) is 6.59. The second-order valence-electron chi connectivity index (χ2n) is 2.74. The molecule has 0 spiro atoms. The van der Waals surface area contributed by atoms with Gasteiger partial charge in [-0.25, -0.2) is 9.67 Å². The fraction of sp³-hybridized carbons (Fsp3) is 0.143. The summed E-state index contributed by atoms with van der Waals surface area (Å²) in [6, 6.07) is 1.36. The number of nitro groups is 1. The van der Waals surface area contributed by atoms with E-state index in [1.807, 2.05) is 0 Å². The number of nitrogens with zero attached hydrogens (tertiary/aromatic N) is 4. The Hall–Kier alpha value is -1.69. The average molecular weight is 213 g/mol. The highest BCUT2D eigenvalue weighted by atomic mass is 35.5. The summed E-state index contributed by atoms with van der Waals surface area (Å²) in [5, 5.41) is 15.1. The standard InChI is InChI=1S/C7H5ClN4O2/c1-11-7-5(6(8)10-11)2-4(3-9-7)12(13)14/h2-3H,1H3. The highest BCUT2D eigenvalue weighted by Crippen LogP contribution is 2.23. The van der Waals surface area contributed by atoms with Crippen molar-refractivity contribution in [2.75, 3.05) is 0 Å². The van der Waals surface area contributed by atoms with Gasteiger partial charge in [0, 0.05) is 13.1 Å². The normalized spacial score (nSPS) is 10.7. The van der Waals surface area contributed by atoms with E-state index >= 15 is 0 Å². The minimum Gasteiger partial charge on any atom is -0.258 e. The third kappa shape index (κ3) is 1.20. The largest absolute Gasteiger partial charge is 0.288 e. The van der Waals surface area contributed by atoms with E-state index in [1.54, 1.807) is 7.05 Å². The van der Waals surface area contributed by atoms with Crippen molar-refractivity contribution in [2.45, 2.75) is 0 Å². The van der Waals surface area contributed by atoms with E-state index in [4.69, 9.17) is 11.6 Å². The van der Waals surface area contributed by atoms with E-state index in [0.717, 1.165) is 0 Å². The molecule has 7 heteroatoms. The number of hydrogen-bond donors (Lipinski definition) is 0. The predicted molar refractivity (Wildman–Crippen MR) is 50.2 cm³/mol. The van der Waals surface area contributed by atoms with Gasteiger partial charge < -0.3 is 0 Å². The first-order valence-electron chi connectivity index (χ1n) is 3.72. The molecule has 0 aliphatic carbocycles. The molecule has 6 nitrogen and oxygen atoms in total. The molecule has 2 heterocycles. The van der Waals surface area contributed by atoms with E-state index in [0.29, 0.717) is 11.0 Å². The Bertz CT molecular complexity index is 522. The molecule has 0 fully saturated rings. The predicted octanol–water partition coefficient (Wildman–Crippen LogP) is 1.53. The molecule has 2 aromatic heterocycles. The van der Waals surface area contributed by atoms with Crippen molar-refractivity contribution in [3.63, 3.8) is 0 Å². The van der Waals surface area contributed by atoms with Crippen LogP contribution in [0.4, 0.5) is 5.69 Å². The average Bonchev–Trinajstić information content (AvgIpc) is 2.42. The summed E-state index contributed by atoms with van der Waals surface area (Å²) in [6.07, 6.45) is 1.18. The number of hydrogen-bond acceptors (Lipinski definition) is 4. The maximum atomic E-state index is 10.5. The second-order valence-corrected chi connectivity index (χ2v) is 3.09. The molecule has 0 radical (unpaired) electrons. The van der Waals surface area contributed by atoms with Crippen molar-refractivity contribution in [2.24, 2.45) is 7.05 Å². The van der Waals surface area contributed by atoms with Gasteiger partial charge in [0.25, 0.3) is 5.69 Å². The molecule has 72 valence electrons. The van der Waals surface area contributed by atoms with Crippen LogP contribution in [0.5, 0.6) is 0 Å². The van der Waals surface area contributed by atoms with Crippen LogP contribution < -0.4 is 0 Å². The number of aromatic nitrogens is 3. The van der Waals surface area contributed by atoms with Crippen molar-refractivity contribution >= 4 is 28.3 Å². The summed E-state index contributed by atoms with van der Waals surface area (Å²) < 4.78 is 1.47. The quantitative estimate of drug-likeness (QED) is 0.531. The second kappa shape index (κ2) is 2.91. The van der Waals surface area contributed by atoms with Gasteiger partial charge in [-0.2, -0.15) is 5.10 Å². The molecule has 0 amide bonds. The fourth-order valence-corrected chi connectivity index (χ4v) is 1.44. The SMILES string of the molecule is Cn1nc(Cl)c2cc([N+](=O)[O-])cnc21. The van der Waals surface area contributed by atoms with Crippen LogP contribution in [0.25, 0.3) is 11.0 Å². The van der Waals surface area contributed by atoms with Gasteiger partial charge in [0.2, 0.25) is 0 Å². The summed E-state index contributed by atoms with van der Waals surface area (Å²) in [5.74, 6) is 0. The molecule has 2 aromatic rings. The number of pyridine rings is 1. The van der Waals surface area contributed by atoms with Crippen LogP contribution in [0.3, 0.4) is 0 Å². The van der Waals surface area contributed by atoms with Gasteiger partial charge in [-0.15, -0.1) is 0 Å². The van der Waals surface area contributed by atoms with Crippen LogP contribution in [0.2, 0.25) is 5.15 Å². The van der Waals surface area contributed by atoms with Crippen LogP contribution in [0.1, 0.15) is 0 Å². The Balaban J connectivity index is 2.77. The van der Waals surface area contributed by atoms with Crippen molar-refractivity contribution in [1.82, 2.24) is 14.8 Å². The number of rotatable bonds is 1. The van der Waals surface area contributed by atoms with E-state index in [1.165, 1.54) is 16.9 Å². The van der Waals surface area contributed by atoms with Gasteiger partial charge in [-0.3, -0.25) is 10.1 Å². The molecular formula is C7H5ClN4O2. The van der Waals surface area contributed by atoms with E-state index in [-0.39, 0.29) is 10.8 Å².